The van der Waals surface area contributed by atoms with E-state index in [1.807, 2.05) is 30.3 Å². The topological polar surface area (TPSA) is 70.5 Å². The van der Waals surface area contributed by atoms with Crippen LogP contribution in [0.1, 0.15) is 31.8 Å². The van der Waals surface area contributed by atoms with Gasteiger partial charge in [0.05, 0.1) is 24.3 Å². The monoisotopic (exact) mass is 378 g/mol. The number of fused-ring (bicyclic) bond motifs is 1. The minimum absolute atomic E-state index is 0.0357. The number of rotatable bonds is 4. The summed E-state index contributed by atoms with van der Waals surface area (Å²) in [4.78, 5) is 30.5. The summed E-state index contributed by atoms with van der Waals surface area (Å²) in [7, 11) is 0. The highest BCUT2D eigenvalue weighted by atomic mass is 35.5. The third-order valence-corrected chi connectivity index (χ3v) is 4.86. The van der Waals surface area contributed by atoms with Gasteiger partial charge in [-0.05, 0) is 34.9 Å². The molecule has 2 heterocycles. The summed E-state index contributed by atoms with van der Waals surface area (Å²) in [6.07, 6.45) is 1.57. The molecule has 0 saturated carbocycles. The van der Waals surface area contributed by atoms with E-state index in [0.717, 1.165) is 11.1 Å². The third-order valence-electron chi connectivity index (χ3n) is 4.56. The van der Waals surface area contributed by atoms with Crippen LogP contribution < -0.4 is 0 Å². The second-order valence-electron chi connectivity index (χ2n) is 6.28. The first-order valence-corrected chi connectivity index (χ1v) is 8.76. The Balaban J connectivity index is 1.64. The van der Waals surface area contributed by atoms with E-state index in [1.165, 1.54) is 4.90 Å². The second-order valence-corrected chi connectivity index (χ2v) is 6.64. The molecule has 1 aliphatic rings. The van der Waals surface area contributed by atoms with Crippen LogP contribution >= 0.6 is 11.6 Å². The smallest absolute Gasteiger partial charge is 0.261 e. The molecule has 0 spiro atoms. The molecule has 0 atom stereocenters. The molecule has 27 heavy (non-hydrogen) atoms. The first kappa shape index (κ1) is 17.4. The average Bonchev–Trinajstić information content (AvgIpc) is 2.95. The number of aromatic nitrogens is 1. The second kappa shape index (κ2) is 6.95. The maximum Gasteiger partial charge on any atom is 0.261 e. The van der Waals surface area contributed by atoms with Gasteiger partial charge in [0.2, 0.25) is 0 Å². The molecule has 4 rings (SSSR count). The standard InChI is InChI=1S/C21H15ClN2O3/c22-19-18(15-7-5-13(12-25)6-8-15)9-14(10-23-19)11-24-20(26)16-3-1-2-4-17(16)21(24)27/h1-10,25H,11-12H2. The van der Waals surface area contributed by atoms with Crippen LogP contribution in [-0.4, -0.2) is 26.8 Å². The number of hydrogen-bond donors (Lipinski definition) is 1. The molecule has 5 nitrogen and oxygen atoms in total. The molecule has 0 bridgehead atoms. The van der Waals surface area contributed by atoms with Gasteiger partial charge in [-0.2, -0.15) is 0 Å². The van der Waals surface area contributed by atoms with Crippen LogP contribution in [0.3, 0.4) is 0 Å². The van der Waals surface area contributed by atoms with E-state index in [4.69, 9.17) is 11.6 Å². The number of imide groups is 1. The lowest BCUT2D eigenvalue weighted by atomic mass is 10.0. The molecule has 0 aliphatic carbocycles. The lowest BCUT2D eigenvalue weighted by Gasteiger charge is -2.15. The van der Waals surface area contributed by atoms with E-state index in [9.17, 15) is 14.7 Å². The molecule has 6 heteroatoms. The highest BCUT2D eigenvalue weighted by molar-refractivity contribution is 6.32. The van der Waals surface area contributed by atoms with Gasteiger partial charge in [0, 0.05) is 11.8 Å². The van der Waals surface area contributed by atoms with Gasteiger partial charge >= 0.3 is 0 Å². The fourth-order valence-electron chi connectivity index (χ4n) is 3.14. The fourth-order valence-corrected chi connectivity index (χ4v) is 3.35. The largest absolute Gasteiger partial charge is 0.392 e. The summed E-state index contributed by atoms with van der Waals surface area (Å²) in [6.45, 7) is 0.0876. The molecule has 0 unspecified atom stereocenters. The van der Waals surface area contributed by atoms with E-state index >= 15 is 0 Å². The number of carbonyl (C=O) groups excluding carboxylic acids is 2. The highest BCUT2D eigenvalue weighted by Crippen LogP contribution is 2.29. The van der Waals surface area contributed by atoms with Crippen molar-refractivity contribution in [3.63, 3.8) is 0 Å². The first-order valence-electron chi connectivity index (χ1n) is 8.38. The van der Waals surface area contributed by atoms with Crippen molar-refractivity contribution < 1.29 is 14.7 Å². The molecule has 0 radical (unpaired) electrons. The van der Waals surface area contributed by atoms with Crippen molar-refractivity contribution in [2.24, 2.45) is 0 Å². The average molecular weight is 379 g/mol. The Morgan fingerprint density at radius 3 is 2.11 bits per heavy atom. The quantitative estimate of drug-likeness (QED) is 0.555. The van der Waals surface area contributed by atoms with Crippen molar-refractivity contribution in [1.82, 2.24) is 9.88 Å². The summed E-state index contributed by atoms with van der Waals surface area (Å²) in [5, 5.41) is 9.50. The number of hydrogen-bond acceptors (Lipinski definition) is 4. The van der Waals surface area contributed by atoms with Gasteiger partial charge in [0.25, 0.3) is 11.8 Å². The van der Waals surface area contributed by atoms with E-state index in [-0.39, 0.29) is 25.0 Å². The van der Waals surface area contributed by atoms with Crippen LogP contribution in [0, 0.1) is 0 Å². The number of pyridine rings is 1. The first-order chi connectivity index (χ1) is 13.1. The van der Waals surface area contributed by atoms with Gasteiger partial charge in [0.1, 0.15) is 5.15 Å². The Hall–Kier alpha value is -3.02. The van der Waals surface area contributed by atoms with Crippen molar-refractivity contribution in [3.05, 3.63) is 88.2 Å². The lowest BCUT2D eigenvalue weighted by molar-refractivity contribution is 0.0642. The van der Waals surface area contributed by atoms with Crippen molar-refractivity contribution in [2.45, 2.75) is 13.2 Å². The highest BCUT2D eigenvalue weighted by Gasteiger charge is 2.35. The summed E-state index contributed by atoms with van der Waals surface area (Å²) in [6, 6.07) is 15.9. The molecule has 1 aliphatic heterocycles. The molecule has 1 aromatic heterocycles. The normalized spacial score (nSPS) is 13.2. The van der Waals surface area contributed by atoms with Gasteiger partial charge in [-0.15, -0.1) is 0 Å². The zero-order valence-corrected chi connectivity index (χ0v) is 15.0. The zero-order chi connectivity index (χ0) is 19.0. The van der Waals surface area contributed by atoms with Crippen molar-refractivity contribution in [2.75, 3.05) is 0 Å². The Bertz CT molecular complexity index is 1010. The zero-order valence-electron chi connectivity index (χ0n) is 14.2. The SMILES string of the molecule is O=C1c2ccccc2C(=O)N1Cc1cnc(Cl)c(-c2ccc(CO)cc2)c1. The number of amides is 2. The van der Waals surface area contributed by atoms with Crippen molar-refractivity contribution in [1.29, 1.82) is 0 Å². The van der Waals surface area contributed by atoms with Crippen LogP contribution in [0.5, 0.6) is 0 Å². The minimum Gasteiger partial charge on any atom is -0.392 e. The molecule has 0 fully saturated rings. The summed E-state index contributed by atoms with van der Waals surface area (Å²) in [5.74, 6) is -0.612. The fraction of sp³-hybridized carbons (Fsp3) is 0.0952. The lowest BCUT2D eigenvalue weighted by Crippen LogP contribution is -2.29. The third kappa shape index (κ3) is 3.12. The number of aliphatic hydroxyl groups excluding tert-OH is 1. The molecule has 0 saturated heterocycles. The van der Waals surface area contributed by atoms with Crippen LogP contribution in [0.25, 0.3) is 11.1 Å². The Labute approximate surface area is 160 Å². The molecule has 2 aromatic carbocycles. The molecule has 1 N–H and O–H groups in total. The number of halogens is 1. The van der Waals surface area contributed by atoms with E-state index in [2.05, 4.69) is 4.98 Å². The Morgan fingerprint density at radius 2 is 1.52 bits per heavy atom. The van der Waals surface area contributed by atoms with Gasteiger partial charge in [0.15, 0.2) is 0 Å². The molecule has 3 aromatic rings. The van der Waals surface area contributed by atoms with Gasteiger partial charge in [-0.25, -0.2) is 4.98 Å². The minimum atomic E-state index is -0.306. The van der Waals surface area contributed by atoms with Crippen LogP contribution in [-0.2, 0) is 13.2 Å². The van der Waals surface area contributed by atoms with Crippen molar-refractivity contribution >= 4 is 23.4 Å². The number of nitrogens with zero attached hydrogens (tertiary/aromatic N) is 2. The molecule has 2 amide bonds. The predicted octanol–water partition coefficient (Wildman–Crippen LogP) is 3.69. The number of aliphatic hydroxyl groups is 1. The van der Waals surface area contributed by atoms with E-state index in [0.29, 0.717) is 27.4 Å². The summed E-state index contributed by atoms with van der Waals surface area (Å²) < 4.78 is 0. The number of carbonyl (C=O) groups is 2. The van der Waals surface area contributed by atoms with Gasteiger partial charge in [-0.1, -0.05) is 48.0 Å². The molecular formula is C21H15ClN2O3. The number of benzene rings is 2. The van der Waals surface area contributed by atoms with Crippen LogP contribution in [0.4, 0.5) is 0 Å². The van der Waals surface area contributed by atoms with Gasteiger partial charge in [-0.3, -0.25) is 14.5 Å². The van der Waals surface area contributed by atoms with E-state index in [1.54, 1.807) is 30.5 Å². The predicted molar refractivity (Wildman–Crippen MR) is 101 cm³/mol. The van der Waals surface area contributed by atoms with E-state index < -0.39 is 0 Å². The van der Waals surface area contributed by atoms with Crippen LogP contribution in [0.2, 0.25) is 5.15 Å². The Kier molecular flexibility index (Phi) is 4.48. The summed E-state index contributed by atoms with van der Waals surface area (Å²) >= 11 is 6.24. The van der Waals surface area contributed by atoms with Gasteiger partial charge < -0.3 is 5.11 Å². The maximum atomic E-state index is 12.5. The maximum absolute atomic E-state index is 12.5. The van der Waals surface area contributed by atoms with Crippen LogP contribution in [0.15, 0.2) is 60.8 Å². The molecular weight excluding hydrogens is 364 g/mol. The van der Waals surface area contributed by atoms with Crippen molar-refractivity contribution in [3.8, 4) is 11.1 Å². The molecule has 134 valence electrons. The Morgan fingerprint density at radius 1 is 0.889 bits per heavy atom. The summed E-state index contributed by atoms with van der Waals surface area (Å²) in [5.41, 5.74) is 3.89.